The van der Waals surface area contributed by atoms with E-state index in [-0.39, 0.29) is 5.91 Å². The Labute approximate surface area is 152 Å². The van der Waals surface area contributed by atoms with E-state index in [0.717, 1.165) is 23.5 Å². The SMILES string of the molecule is CCN(CC)CCC(=O)Nc1sc(-c2ccccc2)cc1C(=O)OC. The summed E-state index contributed by atoms with van der Waals surface area (Å²) in [5.74, 6) is -0.545. The predicted octanol–water partition coefficient (Wildman–Crippen LogP) is 3.87. The Kier molecular flexibility index (Phi) is 7.16. The van der Waals surface area contributed by atoms with Crippen LogP contribution in [0, 0.1) is 0 Å². The van der Waals surface area contributed by atoms with Crippen molar-refractivity contribution in [1.29, 1.82) is 0 Å². The molecule has 2 aromatic rings. The van der Waals surface area contributed by atoms with Crippen LogP contribution < -0.4 is 5.32 Å². The molecule has 0 radical (unpaired) electrons. The van der Waals surface area contributed by atoms with Crippen LogP contribution >= 0.6 is 11.3 Å². The van der Waals surface area contributed by atoms with E-state index < -0.39 is 5.97 Å². The van der Waals surface area contributed by atoms with Crippen LogP contribution in [0.3, 0.4) is 0 Å². The molecule has 0 saturated carbocycles. The zero-order valence-electron chi connectivity index (χ0n) is 14.9. The van der Waals surface area contributed by atoms with Crippen LogP contribution in [0.2, 0.25) is 0 Å². The molecule has 0 aliphatic heterocycles. The maximum Gasteiger partial charge on any atom is 0.340 e. The number of nitrogens with zero attached hydrogens (tertiary/aromatic N) is 1. The van der Waals surface area contributed by atoms with Gasteiger partial charge in [-0.25, -0.2) is 4.79 Å². The third-order valence-corrected chi connectivity index (χ3v) is 5.10. The molecule has 0 atom stereocenters. The smallest absolute Gasteiger partial charge is 0.340 e. The molecule has 0 fully saturated rings. The largest absolute Gasteiger partial charge is 0.465 e. The molecule has 0 saturated heterocycles. The second-order valence-corrected chi connectivity index (χ2v) is 6.59. The number of carbonyl (C=O) groups excluding carboxylic acids is 2. The highest BCUT2D eigenvalue weighted by Gasteiger charge is 2.19. The minimum absolute atomic E-state index is 0.0986. The van der Waals surface area contributed by atoms with E-state index in [1.165, 1.54) is 18.4 Å². The van der Waals surface area contributed by atoms with E-state index in [1.54, 1.807) is 6.07 Å². The zero-order chi connectivity index (χ0) is 18.2. The van der Waals surface area contributed by atoms with Crippen molar-refractivity contribution in [1.82, 2.24) is 4.90 Å². The maximum atomic E-state index is 12.3. The molecule has 25 heavy (non-hydrogen) atoms. The molecule has 2 rings (SSSR count). The quantitative estimate of drug-likeness (QED) is 0.726. The van der Waals surface area contributed by atoms with Crippen LogP contribution in [0.15, 0.2) is 36.4 Å². The molecule has 5 nitrogen and oxygen atoms in total. The van der Waals surface area contributed by atoms with Gasteiger partial charge >= 0.3 is 5.97 Å². The number of thiophene rings is 1. The summed E-state index contributed by atoms with van der Waals surface area (Å²) in [6.45, 7) is 6.66. The molecule has 1 amide bonds. The molecule has 1 N–H and O–H groups in total. The van der Waals surface area contributed by atoms with Crippen molar-refractivity contribution in [2.45, 2.75) is 20.3 Å². The molecular formula is C19H24N2O3S. The highest BCUT2D eigenvalue weighted by molar-refractivity contribution is 7.20. The number of nitrogens with one attached hydrogen (secondary N) is 1. The number of ether oxygens (including phenoxy) is 1. The van der Waals surface area contributed by atoms with Crippen LogP contribution in [-0.4, -0.2) is 43.5 Å². The lowest BCUT2D eigenvalue weighted by Gasteiger charge is -2.17. The van der Waals surface area contributed by atoms with Crippen molar-refractivity contribution in [3.8, 4) is 10.4 Å². The lowest BCUT2D eigenvalue weighted by Crippen LogP contribution is -2.27. The molecule has 0 bridgehead atoms. The average molecular weight is 360 g/mol. The number of esters is 1. The number of methoxy groups -OCH3 is 1. The molecule has 6 heteroatoms. The van der Waals surface area contributed by atoms with E-state index in [2.05, 4.69) is 24.1 Å². The molecule has 0 aliphatic rings. The Bertz CT molecular complexity index is 709. The molecule has 0 unspecified atom stereocenters. The average Bonchev–Trinajstić information content (AvgIpc) is 3.06. The van der Waals surface area contributed by atoms with Crippen LogP contribution in [0.4, 0.5) is 5.00 Å². The first kappa shape index (κ1) is 19.1. The fourth-order valence-corrected chi connectivity index (χ4v) is 3.55. The van der Waals surface area contributed by atoms with Crippen molar-refractivity contribution >= 4 is 28.2 Å². The van der Waals surface area contributed by atoms with Crippen LogP contribution in [0.1, 0.15) is 30.6 Å². The van der Waals surface area contributed by atoms with Gasteiger partial charge in [0.05, 0.1) is 12.7 Å². The first-order valence-corrected chi connectivity index (χ1v) is 9.20. The third kappa shape index (κ3) is 5.14. The van der Waals surface area contributed by atoms with Crippen molar-refractivity contribution < 1.29 is 14.3 Å². The summed E-state index contributed by atoms with van der Waals surface area (Å²) in [5.41, 5.74) is 1.39. The van der Waals surface area contributed by atoms with Crippen molar-refractivity contribution in [2.24, 2.45) is 0 Å². The standard InChI is InChI=1S/C19H24N2O3S/c1-4-21(5-2)12-11-17(22)20-18-15(19(23)24-3)13-16(25-18)14-9-7-6-8-10-14/h6-10,13H,4-5,11-12H2,1-3H3,(H,20,22). The molecule has 1 aromatic carbocycles. The fourth-order valence-electron chi connectivity index (χ4n) is 2.48. The summed E-state index contributed by atoms with van der Waals surface area (Å²) in [5, 5.41) is 3.41. The molecule has 134 valence electrons. The second-order valence-electron chi connectivity index (χ2n) is 5.54. The summed E-state index contributed by atoms with van der Waals surface area (Å²) < 4.78 is 4.85. The van der Waals surface area contributed by atoms with Crippen LogP contribution in [-0.2, 0) is 9.53 Å². The van der Waals surface area contributed by atoms with Gasteiger partial charge in [-0.2, -0.15) is 0 Å². The van der Waals surface area contributed by atoms with Gasteiger partial charge in [0.15, 0.2) is 0 Å². The van der Waals surface area contributed by atoms with Crippen LogP contribution in [0.25, 0.3) is 10.4 Å². The topological polar surface area (TPSA) is 58.6 Å². The molecular weight excluding hydrogens is 336 g/mol. The molecule has 1 heterocycles. The van der Waals surface area contributed by atoms with Gasteiger partial charge in [-0.3, -0.25) is 4.79 Å². The monoisotopic (exact) mass is 360 g/mol. The lowest BCUT2D eigenvalue weighted by atomic mass is 10.1. The number of anilines is 1. The summed E-state index contributed by atoms with van der Waals surface area (Å²) in [6.07, 6.45) is 0.390. The Balaban J connectivity index is 2.17. The molecule has 1 aromatic heterocycles. The summed E-state index contributed by atoms with van der Waals surface area (Å²) in [7, 11) is 1.34. The van der Waals surface area contributed by atoms with Crippen molar-refractivity contribution in [3.05, 3.63) is 42.0 Å². The van der Waals surface area contributed by atoms with E-state index in [4.69, 9.17) is 4.74 Å². The lowest BCUT2D eigenvalue weighted by molar-refractivity contribution is -0.116. The molecule has 0 aliphatic carbocycles. The predicted molar refractivity (Wildman–Crippen MR) is 102 cm³/mol. The Hall–Kier alpha value is -2.18. The van der Waals surface area contributed by atoms with E-state index >= 15 is 0 Å². The van der Waals surface area contributed by atoms with Crippen molar-refractivity contribution in [3.63, 3.8) is 0 Å². The van der Waals surface area contributed by atoms with Gasteiger partial charge < -0.3 is 15.0 Å². The van der Waals surface area contributed by atoms with Gasteiger partial charge in [0.1, 0.15) is 5.00 Å². The van der Waals surface area contributed by atoms with Gasteiger partial charge in [0, 0.05) is 17.8 Å². The van der Waals surface area contributed by atoms with E-state index in [9.17, 15) is 9.59 Å². The van der Waals surface area contributed by atoms with Gasteiger partial charge in [0.25, 0.3) is 0 Å². The Morgan fingerprint density at radius 2 is 1.84 bits per heavy atom. The minimum Gasteiger partial charge on any atom is -0.465 e. The summed E-state index contributed by atoms with van der Waals surface area (Å²) >= 11 is 1.38. The minimum atomic E-state index is -0.447. The highest BCUT2D eigenvalue weighted by Crippen LogP contribution is 2.35. The Morgan fingerprint density at radius 3 is 2.44 bits per heavy atom. The zero-order valence-corrected chi connectivity index (χ0v) is 15.7. The number of amides is 1. The third-order valence-electron chi connectivity index (χ3n) is 4.00. The first-order valence-electron chi connectivity index (χ1n) is 8.38. The number of hydrogen-bond donors (Lipinski definition) is 1. The second kappa shape index (κ2) is 9.34. The normalized spacial score (nSPS) is 10.7. The number of rotatable bonds is 8. The summed E-state index contributed by atoms with van der Waals surface area (Å²) in [6, 6.07) is 11.5. The number of benzene rings is 1. The number of hydrogen-bond acceptors (Lipinski definition) is 5. The van der Waals surface area contributed by atoms with Gasteiger partial charge in [-0.15, -0.1) is 11.3 Å². The highest BCUT2D eigenvalue weighted by atomic mass is 32.1. The van der Waals surface area contributed by atoms with Gasteiger partial charge in [-0.05, 0) is 24.7 Å². The van der Waals surface area contributed by atoms with E-state index in [1.807, 2.05) is 30.3 Å². The maximum absolute atomic E-state index is 12.3. The number of carbonyl (C=O) groups is 2. The summed E-state index contributed by atoms with van der Waals surface area (Å²) in [4.78, 5) is 27.4. The van der Waals surface area contributed by atoms with Gasteiger partial charge in [-0.1, -0.05) is 44.2 Å². The van der Waals surface area contributed by atoms with E-state index in [0.29, 0.717) is 23.5 Å². The van der Waals surface area contributed by atoms with Gasteiger partial charge in [0.2, 0.25) is 5.91 Å². The fraction of sp³-hybridized carbons (Fsp3) is 0.368. The first-order chi connectivity index (χ1) is 12.1. The van der Waals surface area contributed by atoms with Crippen LogP contribution in [0.5, 0.6) is 0 Å². The molecule has 0 spiro atoms. The van der Waals surface area contributed by atoms with Crippen molar-refractivity contribution in [2.75, 3.05) is 32.1 Å². The Morgan fingerprint density at radius 1 is 1.16 bits per heavy atom.